The summed E-state index contributed by atoms with van der Waals surface area (Å²) in [7, 11) is 0. The van der Waals surface area contributed by atoms with Crippen molar-refractivity contribution in [3.63, 3.8) is 0 Å². The fraction of sp³-hybridized carbons (Fsp3) is 0.842. The van der Waals surface area contributed by atoms with Crippen molar-refractivity contribution in [3.05, 3.63) is 11.7 Å². The molecule has 1 saturated carbocycles. The van der Waals surface area contributed by atoms with E-state index in [-0.39, 0.29) is 44.7 Å². The van der Waals surface area contributed by atoms with E-state index in [1.54, 1.807) is 20.8 Å². The summed E-state index contributed by atoms with van der Waals surface area (Å²) in [4.78, 5) is 17.4. The minimum absolute atomic E-state index is 0.0290. The summed E-state index contributed by atoms with van der Waals surface area (Å²) >= 11 is 0. The summed E-state index contributed by atoms with van der Waals surface area (Å²) in [5.74, 6) is -3.76. The summed E-state index contributed by atoms with van der Waals surface area (Å²) in [5, 5.41) is 3.59. The number of hydrogen-bond acceptors (Lipinski definition) is 5. The van der Waals surface area contributed by atoms with Gasteiger partial charge in [-0.05, 0) is 46.5 Å². The first-order chi connectivity index (χ1) is 13.7. The lowest BCUT2D eigenvalue weighted by Crippen LogP contribution is -2.53. The predicted octanol–water partition coefficient (Wildman–Crippen LogP) is 5.19. The monoisotopic (exact) mass is 439 g/mol. The Morgan fingerprint density at radius 1 is 1.10 bits per heavy atom. The Bertz CT molecular complexity index is 754. The number of halogens is 5. The van der Waals surface area contributed by atoms with Crippen LogP contribution in [-0.2, 0) is 10.2 Å². The maximum atomic E-state index is 14.1. The number of alkyl halides is 5. The van der Waals surface area contributed by atoms with Gasteiger partial charge >= 0.3 is 12.3 Å². The standard InChI is InChI=1S/C19H26F5N3O3/c1-16(2,3)29-15(28)27-10-8-17(9-11-27,19(22,23)24)14-25-13(30-26-14)12-4-6-18(20,21)7-5-12/h12H,4-11H2,1-3H3. The first-order valence-corrected chi connectivity index (χ1v) is 9.99. The average molecular weight is 439 g/mol. The first kappa shape index (κ1) is 22.7. The third kappa shape index (κ3) is 4.69. The van der Waals surface area contributed by atoms with Crippen molar-refractivity contribution in [2.45, 2.75) is 88.3 Å². The molecule has 0 spiro atoms. The van der Waals surface area contributed by atoms with Gasteiger partial charge in [-0.2, -0.15) is 18.2 Å². The van der Waals surface area contributed by atoms with Crippen LogP contribution < -0.4 is 0 Å². The van der Waals surface area contributed by atoms with Gasteiger partial charge in [0.15, 0.2) is 5.82 Å². The summed E-state index contributed by atoms with van der Waals surface area (Å²) in [6.45, 7) is 4.69. The van der Waals surface area contributed by atoms with E-state index in [1.807, 2.05) is 0 Å². The van der Waals surface area contributed by atoms with Gasteiger partial charge in [0.25, 0.3) is 0 Å². The molecule has 1 aliphatic heterocycles. The number of piperidine rings is 1. The smallest absolute Gasteiger partial charge is 0.410 e. The Labute approximate surface area is 171 Å². The Morgan fingerprint density at radius 2 is 1.67 bits per heavy atom. The van der Waals surface area contributed by atoms with Crippen LogP contribution in [-0.4, -0.2) is 51.9 Å². The van der Waals surface area contributed by atoms with Crippen molar-refractivity contribution in [3.8, 4) is 0 Å². The molecular formula is C19H26F5N3O3. The van der Waals surface area contributed by atoms with E-state index in [4.69, 9.17) is 9.26 Å². The van der Waals surface area contributed by atoms with Crippen LogP contribution in [0.25, 0.3) is 0 Å². The van der Waals surface area contributed by atoms with Crippen molar-refractivity contribution >= 4 is 6.09 Å². The zero-order valence-electron chi connectivity index (χ0n) is 17.2. The number of aromatic nitrogens is 2. The van der Waals surface area contributed by atoms with Gasteiger partial charge in [0.05, 0.1) is 0 Å². The highest BCUT2D eigenvalue weighted by Gasteiger charge is 2.60. The van der Waals surface area contributed by atoms with E-state index in [0.29, 0.717) is 0 Å². The zero-order chi connectivity index (χ0) is 22.4. The third-order valence-corrected chi connectivity index (χ3v) is 5.75. The number of nitrogens with zero attached hydrogens (tertiary/aromatic N) is 3. The lowest BCUT2D eigenvalue weighted by Gasteiger charge is -2.40. The molecule has 2 aliphatic rings. The van der Waals surface area contributed by atoms with Crippen molar-refractivity contribution in [2.24, 2.45) is 0 Å². The molecule has 6 nitrogen and oxygen atoms in total. The molecule has 0 bridgehead atoms. The molecule has 0 radical (unpaired) electrons. The molecule has 0 N–H and O–H groups in total. The fourth-order valence-electron chi connectivity index (χ4n) is 3.91. The molecule has 30 heavy (non-hydrogen) atoms. The number of ether oxygens (including phenoxy) is 1. The molecule has 0 aromatic carbocycles. The van der Waals surface area contributed by atoms with Gasteiger partial charge in [0.2, 0.25) is 11.8 Å². The lowest BCUT2D eigenvalue weighted by atomic mass is 9.77. The molecule has 2 heterocycles. The number of carbonyl (C=O) groups excluding carboxylic acids is 1. The topological polar surface area (TPSA) is 68.5 Å². The van der Waals surface area contributed by atoms with E-state index in [2.05, 4.69) is 10.1 Å². The van der Waals surface area contributed by atoms with Crippen LogP contribution in [0.1, 0.15) is 76.9 Å². The van der Waals surface area contributed by atoms with E-state index >= 15 is 0 Å². The second-order valence-electron chi connectivity index (χ2n) is 9.13. The van der Waals surface area contributed by atoms with E-state index in [9.17, 15) is 26.7 Å². The van der Waals surface area contributed by atoms with Gasteiger partial charge in [-0.1, -0.05) is 5.16 Å². The van der Waals surface area contributed by atoms with Crippen LogP contribution in [0.5, 0.6) is 0 Å². The molecule has 1 aromatic heterocycles. The SMILES string of the molecule is CC(C)(C)OC(=O)N1CCC(c2noc(C3CCC(F)(F)CC3)n2)(C(F)(F)F)CC1. The van der Waals surface area contributed by atoms with Gasteiger partial charge in [-0.3, -0.25) is 0 Å². The molecule has 0 atom stereocenters. The number of rotatable bonds is 2. The maximum Gasteiger partial charge on any atom is 0.410 e. The van der Waals surface area contributed by atoms with Crippen molar-refractivity contribution in [2.75, 3.05) is 13.1 Å². The van der Waals surface area contributed by atoms with Crippen LogP contribution in [0.2, 0.25) is 0 Å². The number of carbonyl (C=O) groups is 1. The van der Waals surface area contributed by atoms with Crippen LogP contribution in [0.3, 0.4) is 0 Å². The van der Waals surface area contributed by atoms with Gasteiger partial charge in [0, 0.05) is 31.8 Å². The van der Waals surface area contributed by atoms with Crippen LogP contribution in [0.4, 0.5) is 26.7 Å². The molecule has 0 unspecified atom stereocenters. The Balaban J connectivity index is 1.75. The first-order valence-electron chi connectivity index (χ1n) is 9.99. The summed E-state index contributed by atoms with van der Waals surface area (Å²) < 4.78 is 79.3. The molecule has 1 aromatic rings. The molecule has 2 fully saturated rings. The van der Waals surface area contributed by atoms with Gasteiger partial charge in [-0.15, -0.1) is 0 Å². The van der Waals surface area contributed by atoms with Gasteiger partial charge in [-0.25, -0.2) is 13.6 Å². The summed E-state index contributed by atoms with van der Waals surface area (Å²) in [6.07, 6.45) is -6.74. The molecule has 170 valence electrons. The predicted molar refractivity (Wildman–Crippen MR) is 95.2 cm³/mol. The minimum atomic E-state index is -4.66. The minimum Gasteiger partial charge on any atom is -0.444 e. The quantitative estimate of drug-likeness (QED) is 0.593. The largest absolute Gasteiger partial charge is 0.444 e. The number of likely N-dealkylation sites (tertiary alicyclic amines) is 1. The number of amides is 1. The molecular weight excluding hydrogens is 413 g/mol. The molecule has 1 amide bonds. The molecule has 1 saturated heterocycles. The molecule has 3 rings (SSSR count). The Morgan fingerprint density at radius 3 is 2.17 bits per heavy atom. The highest BCUT2D eigenvalue weighted by molar-refractivity contribution is 5.68. The van der Waals surface area contributed by atoms with Crippen LogP contribution in [0, 0.1) is 0 Å². The Kier molecular flexibility index (Phi) is 5.79. The van der Waals surface area contributed by atoms with E-state index in [0.717, 1.165) is 0 Å². The van der Waals surface area contributed by atoms with E-state index < -0.39 is 53.8 Å². The third-order valence-electron chi connectivity index (χ3n) is 5.75. The molecule has 1 aliphatic carbocycles. The summed E-state index contributed by atoms with van der Waals surface area (Å²) in [6, 6.07) is 0. The van der Waals surface area contributed by atoms with Crippen molar-refractivity contribution < 1.29 is 36.0 Å². The summed E-state index contributed by atoms with van der Waals surface area (Å²) in [5.41, 5.74) is -3.11. The van der Waals surface area contributed by atoms with E-state index in [1.165, 1.54) is 4.90 Å². The second kappa shape index (κ2) is 7.64. The number of hydrogen-bond donors (Lipinski definition) is 0. The van der Waals surface area contributed by atoms with Crippen molar-refractivity contribution in [1.82, 2.24) is 15.0 Å². The van der Waals surface area contributed by atoms with Gasteiger partial charge < -0.3 is 14.2 Å². The van der Waals surface area contributed by atoms with Crippen LogP contribution in [0.15, 0.2) is 4.52 Å². The average Bonchev–Trinajstić information content (AvgIpc) is 3.09. The fourth-order valence-corrected chi connectivity index (χ4v) is 3.91. The molecule has 11 heteroatoms. The highest BCUT2D eigenvalue weighted by atomic mass is 19.4. The second-order valence-corrected chi connectivity index (χ2v) is 9.13. The van der Waals surface area contributed by atoms with Crippen LogP contribution >= 0.6 is 0 Å². The normalized spacial score (nSPS) is 22.7. The van der Waals surface area contributed by atoms with Crippen molar-refractivity contribution in [1.29, 1.82) is 0 Å². The maximum absolute atomic E-state index is 14.1. The lowest BCUT2D eigenvalue weighted by molar-refractivity contribution is -0.205. The zero-order valence-corrected chi connectivity index (χ0v) is 17.2. The highest BCUT2D eigenvalue weighted by Crippen LogP contribution is 2.48. The van der Waals surface area contributed by atoms with Gasteiger partial charge in [0.1, 0.15) is 11.0 Å². The Hall–Kier alpha value is -1.94.